The van der Waals surface area contributed by atoms with E-state index >= 15 is 0 Å². The predicted octanol–water partition coefficient (Wildman–Crippen LogP) is 2.79. The minimum atomic E-state index is -0.181. The van der Waals surface area contributed by atoms with E-state index in [0.717, 1.165) is 11.1 Å². The van der Waals surface area contributed by atoms with Gasteiger partial charge in [-0.3, -0.25) is 0 Å². The number of halogens is 1. The summed E-state index contributed by atoms with van der Waals surface area (Å²) in [6, 6.07) is 3.65. The fourth-order valence-electron chi connectivity index (χ4n) is 1.61. The summed E-state index contributed by atoms with van der Waals surface area (Å²) in [5.74, 6) is 0.587. The van der Waals surface area contributed by atoms with E-state index in [9.17, 15) is 0 Å². The Bertz CT molecular complexity index is 466. The smallest absolute Gasteiger partial charge is 0.218 e. The number of hydrogen-bond acceptors (Lipinski definition) is 3. The largest absolute Gasteiger partial charge is 0.475 e. The molecule has 1 heterocycles. The Kier molecular flexibility index (Phi) is 2.58. The maximum absolute atomic E-state index is 6.07. The summed E-state index contributed by atoms with van der Waals surface area (Å²) in [7, 11) is 0. The quantitative estimate of drug-likeness (QED) is 0.765. The summed E-state index contributed by atoms with van der Waals surface area (Å²) in [5.41, 5.74) is 8.15. The van der Waals surface area contributed by atoms with Gasteiger partial charge in [0, 0.05) is 10.7 Å². The van der Waals surface area contributed by atoms with Crippen LogP contribution in [0.15, 0.2) is 17.1 Å². The highest BCUT2D eigenvalue weighted by molar-refractivity contribution is 6.32. The van der Waals surface area contributed by atoms with Gasteiger partial charge in [0.15, 0.2) is 0 Å². The topological polar surface area (TPSA) is 47.6 Å². The Morgan fingerprint density at radius 1 is 1.44 bits per heavy atom. The normalized spacial score (nSPS) is 18.1. The number of nitrogen functional groups attached to an aromatic ring is 1. The Morgan fingerprint density at radius 2 is 2.12 bits per heavy atom. The predicted molar refractivity (Wildman–Crippen MR) is 67.2 cm³/mol. The van der Waals surface area contributed by atoms with Gasteiger partial charge in [0.05, 0.1) is 11.1 Å². The number of ether oxygens (including phenoxy) is 1. The lowest BCUT2D eigenvalue weighted by Crippen LogP contribution is -2.17. The lowest BCUT2D eigenvalue weighted by Gasteiger charge is -2.08. The molecule has 3 nitrogen and oxygen atoms in total. The first-order valence-corrected chi connectivity index (χ1v) is 5.55. The minimum absolute atomic E-state index is 0.181. The van der Waals surface area contributed by atoms with Crippen molar-refractivity contribution in [3.8, 4) is 0 Å². The molecule has 0 aliphatic carbocycles. The SMILES string of the molecule is Cc1cc(N)c(C2=NC(C)(C)CO2)cc1Cl. The first-order chi connectivity index (χ1) is 7.39. The summed E-state index contributed by atoms with van der Waals surface area (Å²) < 4.78 is 5.54. The molecular formula is C12H15ClN2O. The molecule has 4 heteroatoms. The van der Waals surface area contributed by atoms with E-state index in [-0.39, 0.29) is 5.54 Å². The van der Waals surface area contributed by atoms with Crippen LogP contribution in [0, 0.1) is 6.92 Å². The highest BCUT2D eigenvalue weighted by Gasteiger charge is 2.28. The van der Waals surface area contributed by atoms with Gasteiger partial charge in [-0.05, 0) is 38.5 Å². The van der Waals surface area contributed by atoms with Crippen LogP contribution in [0.2, 0.25) is 5.02 Å². The molecule has 0 radical (unpaired) electrons. The van der Waals surface area contributed by atoms with Crippen molar-refractivity contribution in [2.75, 3.05) is 12.3 Å². The molecule has 1 aliphatic rings. The molecule has 0 bridgehead atoms. The summed E-state index contributed by atoms with van der Waals surface area (Å²) in [4.78, 5) is 4.48. The van der Waals surface area contributed by atoms with Gasteiger partial charge in [-0.1, -0.05) is 11.6 Å². The van der Waals surface area contributed by atoms with Crippen molar-refractivity contribution in [2.24, 2.45) is 4.99 Å². The molecule has 1 aromatic carbocycles. The summed E-state index contributed by atoms with van der Waals surface area (Å²) in [5, 5.41) is 0.681. The molecule has 0 saturated heterocycles. The van der Waals surface area contributed by atoms with Crippen molar-refractivity contribution in [2.45, 2.75) is 26.3 Å². The van der Waals surface area contributed by atoms with E-state index in [1.165, 1.54) is 0 Å². The first-order valence-electron chi connectivity index (χ1n) is 5.18. The average molecular weight is 239 g/mol. The highest BCUT2D eigenvalue weighted by atomic mass is 35.5. The number of hydrogen-bond donors (Lipinski definition) is 1. The Balaban J connectivity index is 2.46. The third-order valence-electron chi connectivity index (χ3n) is 2.53. The van der Waals surface area contributed by atoms with E-state index in [4.69, 9.17) is 22.1 Å². The van der Waals surface area contributed by atoms with Crippen LogP contribution in [0.25, 0.3) is 0 Å². The molecule has 0 saturated carbocycles. The summed E-state index contributed by atoms with van der Waals surface area (Å²) in [6.45, 7) is 6.54. The fraction of sp³-hybridized carbons (Fsp3) is 0.417. The van der Waals surface area contributed by atoms with Crippen molar-refractivity contribution < 1.29 is 4.74 Å². The van der Waals surface area contributed by atoms with Gasteiger partial charge in [-0.25, -0.2) is 4.99 Å². The molecule has 0 atom stereocenters. The van der Waals surface area contributed by atoms with Crippen LogP contribution >= 0.6 is 11.6 Å². The van der Waals surface area contributed by atoms with E-state index in [0.29, 0.717) is 23.2 Å². The number of anilines is 1. The Morgan fingerprint density at radius 3 is 2.69 bits per heavy atom. The van der Waals surface area contributed by atoms with Gasteiger partial charge in [-0.2, -0.15) is 0 Å². The monoisotopic (exact) mass is 238 g/mol. The van der Waals surface area contributed by atoms with Crippen molar-refractivity contribution in [1.29, 1.82) is 0 Å². The maximum atomic E-state index is 6.07. The van der Waals surface area contributed by atoms with Crippen molar-refractivity contribution in [3.63, 3.8) is 0 Å². The van der Waals surface area contributed by atoms with Crippen LogP contribution < -0.4 is 5.73 Å². The summed E-state index contributed by atoms with van der Waals surface area (Å²) >= 11 is 6.07. The van der Waals surface area contributed by atoms with Crippen molar-refractivity contribution in [3.05, 3.63) is 28.3 Å². The lowest BCUT2D eigenvalue weighted by molar-refractivity contribution is 0.279. The van der Waals surface area contributed by atoms with Gasteiger partial charge in [-0.15, -0.1) is 0 Å². The van der Waals surface area contributed by atoms with Gasteiger partial charge >= 0.3 is 0 Å². The second-order valence-corrected chi connectivity index (χ2v) is 5.11. The second-order valence-electron chi connectivity index (χ2n) is 4.71. The van der Waals surface area contributed by atoms with E-state index in [1.54, 1.807) is 0 Å². The number of aliphatic imine (C=N–C) groups is 1. The number of nitrogens with zero attached hydrogens (tertiary/aromatic N) is 1. The number of nitrogens with two attached hydrogens (primary N) is 1. The third kappa shape index (κ3) is 2.00. The van der Waals surface area contributed by atoms with Crippen LogP contribution in [0.1, 0.15) is 25.0 Å². The second kappa shape index (κ2) is 3.67. The molecule has 1 aliphatic heterocycles. The average Bonchev–Trinajstić information content (AvgIpc) is 2.52. The molecular weight excluding hydrogens is 224 g/mol. The van der Waals surface area contributed by atoms with E-state index in [2.05, 4.69) is 4.99 Å². The van der Waals surface area contributed by atoms with Crippen LogP contribution in [0.5, 0.6) is 0 Å². The third-order valence-corrected chi connectivity index (χ3v) is 2.93. The molecule has 16 heavy (non-hydrogen) atoms. The molecule has 0 spiro atoms. The number of rotatable bonds is 1. The minimum Gasteiger partial charge on any atom is -0.475 e. The molecule has 1 aromatic rings. The summed E-state index contributed by atoms with van der Waals surface area (Å²) in [6.07, 6.45) is 0. The molecule has 0 unspecified atom stereocenters. The standard InChI is InChI=1S/C12H15ClN2O/c1-7-4-10(14)8(5-9(7)13)11-15-12(2,3)6-16-11/h4-5H,6,14H2,1-3H3. The van der Waals surface area contributed by atoms with Crippen LogP contribution in [-0.2, 0) is 4.74 Å². The van der Waals surface area contributed by atoms with Gasteiger partial charge < -0.3 is 10.5 Å². The molecule has 2 rings (SSSR count). The van der Waals surface area contributed by atoms with E-state index < -0.39 is 0 Å². The van der Waals surface area contributed by atoms with Gasteiger partial charge in [0.1, 0.15) is 6.61 Å². The number of aryl methyl sites for hydroxylation is 1. The molecule has 86 valence electrons. The first kappa shape index (κ1) is 11.3. The molecule has 2 N–H and O–H groups in total. The zero-order valence-electron chi connectivity index (χ0n) is 9.67. The zero-order valence-corrected chi connectivity index (χ0v) is 10.4. The van der Waals surface area contributed by atoms with Crippen LogP contribution in [0.3, 0.4) is 0 Å². The van der Waals surface area contributed by atoms with Crippen molar-refractivity contribution >= 4 is 23.2 Å². The van der Waals surface area contributed by atoms with Gasteiger partial charge in [0.25, 0.3) is 0 Å². The molecule has 0 amide bonds. The molecule has 0 aromatic heterocycles. The highest BCUT2D eigenvalue weighted by Crippen LogP contribution is 2.27. The Labute approximate surface area is 100 Å². The van der Waals surface area contributed by atoms with Crippen LogP contribution in [-0.4, -0.2) is 18.0 Å². The van der Waals surface area contributed by atoms with Gasteiger partial charge in [0.2, 0.25) is 5.90 Å². The maximum Gasteiger partial charge on any atom is 0.218 e. The van der Waals surface area contributed by atoms with Crippen molar-refractivity contribution in [1.82, 2.24) is 0 Å². The Hall–Kier alpha value is -1.22. The van der Waals surface area contributed by atoms with Crippen LogP contribution in [0.4, 0.5) is 5.69 Å². The molecule has 0 fully saturated rings. The lowest BCUT2D eigenvalue weighted by atomic mass is 10.1. The number of benzene rings is 1. The fourth-order valence-corrected chi connectivity index (χ4v) is 1.78. The van der Waals surface area contributed by atoms with E-state index in [1.807, 2.05) is 32.9 Å². The zero-order chi connectivity index (χ0) is 11.9.